The fraction of sp³-hybridized carbons (Fsp3) is 0.562. The first kappa shape index (κ1) is 15.7. The van der Waals surface area contributed by atoms with Gasteiger partial charge >= 0.3 is 0 Å². The number of amides is 1. The van der Waals surface area contributed by atoms with Crippen molar-refractivity contribution in [2.45, 2.75) is 38.5 Å². The summed E-state index contributed by atoms with van der Waals surface area (Å²) >= 11 is 0. The largest absolute Gasteiger partial charge is 0.338 e. The van der Waals surface area contributed by atoms with E-state index in [9.17, 15) is 4.79 Å². The summed E-state index contributed by atoms with van der Waals surface area (Å²) in [5.41, 5.74) is 1.99. The second-order valence-electron chi connectivity index (χ2n) is 6.41. The first-order valence-electron chi connectivity index (χ1n) is 8.10. The molecular formula is C16H23N5O2. The number of carbonyl (C=O) groups excluding carboxylic acids is 1. The molecule has 0 aromatic carbocycles. The highest BCUT2D eigenvalue weighted by Crippen LogP contribution is 2.25. The van der Waals surface area contributed by atoms with E-state index in [2.05, 4.69) is 25.6 Å². The van der Waals surface area contributed by atoms with Gasteiger partial charge < -0.3 is 4.52 Å². The summed E-state index contributed by atoms with van der Waals surface area (Å²) < 4.78 is 5.15. The smallest absolute Gasteiger partial charge is 0.240 e. The second kappa shape index (κ2) is 6.95. The van der Waals surface area contributed by atoms with E-state index in [1.807, 2.05) is 19.9 Å². The molecule has 124 valence electrons. The number of hydrogen-bond acceptors (Lipinski definition) is 5. The average Bonchev–Trinajstić information content (AvgIpc) is 3.18. The zero-order valence-corrected chi connectivity index (χ0v) is 13.6. The summed E-state index contributed by atoms with van der Waals surface area (Å²) in [4.78, 5) is 14.4. The van der Waals surface area contributed by atoms with E-state index >= 15 is 0 Å². The Bertz CT molecular complexity index is 635. The number of aromatic amines is 1. The van der Waals surface area contributed by atoms with E-state index in [-0.39, 0.29) is 11.8 Å². The molecule has 1 atom stereocenters. The monoisotopic (exact) mass is 317 g/mol. The van der Waals surface area contributed by atoms with Crippen molar-refractivity contribution in [2.75, 3.05) is 25.0 Å². The van der Waals surface area contributed by atoms with E-state index in [4.69, 9.17) is 4.52 Å². The van der Waals surface area contributed by atoms with E-state index in [0.717, 1.165) is 37.3 Å². The van der Waals surface area contributed by atoms with Crippen molar-refractivity contribution in [1.29, 1.82) is 0 Å². The van der Waals surface area contributed by atoms with Crippen molar-refractivity contribution in [2.24, 2.45) is 0 Å². The van der Waals surface area contributed by atoms with Crippen molar-refractivity contribution < 1.29 is 9.32 Å². The molecule has 2 aromatic heterocycles. The minimum absolute atomic E-state index is 0.0679. The van der Waals surface area contributed by atoms with Crippen LogP contribution in [0.15, 0.2) is 22.9 Å². The molecule has 1 fully saturated rings. The predicted octanol–water partition coefficient (Wildman–Crippen LogP) is 2.34. The zero-order chi connectivity index (χ0) is 16.2. The number of hydrogen-bond donors (Lipinski definition) is 2. The number of nitrogens with one attached hydrogen (secondary N) is 2. The van der Waals surface area contributed by atoms with Gasteiger partial charge in [-0.15, -0.1) is 0 Å². The Hall–Kier alpha value is -2.15. The number of nitrogens with zero attached hydrogens (tertiary/aromatic N) is 3. The molecule has 0 saturated carbocycles. The lowest BCUT2D eigenvalue weighted by Crippen LogP contribution is -2.39. The quantitative estimate of drug-likeness (QED) is 0.884. The van der Waals surface area contributed by atoms with Gasteiger partial charge in [-0.1, -0.05) is 19.0 Å². The zero-order valence-electron chi connectivity index (χ0n) is 13.6. The molecule has 0 bridgehead atoms. The van der Waals surface area contributed by atoms with E-state index in [1.165, 1.54) is 0 Å². The molecule has 0 spiro atoms. The van der Waals surface area contributed by atoms with E-state index < -0.39 is 0 Å². The first-order valence-corrected chi connectivity index (χ1v) is 8.10. The first-order chi connectivity index (χ1) is 11.1. The molecular weight excluding hydrogens is 294 g/mol. The highest BCUT2D eigenvalue weighted by atomic mass is 16.5. The van der Waals surface area contributed by atoms with Crippen LogP contribution in [0.5, 0.6) is 0 Å². The number of likely N-dealkylation sites (tertiary alicyclic amines) is 1. The van der Waals surface area contributed by atoms with Gasteiger partial charge in [0.05, 0.1) is 12.2 Å². The van der Waals surface area contributed by atoms with E-state index in [0.29, 0.717) is 18.3 Å². The van der Waals surface area contributed by atoms with Gasteiger partial charge in [-0.3, -0.25) is 20.1 Å². The maximum atomic E-state index is 12.2. The van der Waals surface area contributed by atoms with Gasteiger partial charge in [0, 0.05) is 30.4 Å². The maximum absolute atomic E-state index is 12.2. The van der Waals surface area contributed by atoms with Crippen LogP contribution in [-0.4, -0.2) is 45.8 Å². The van der Waals surface area contributed by atoms with Crippen LogP contribution < -0.4 is 5.32 Å². The van der Waals surface area contributed by atoms with E-state index in [1.54, 1.807) is 12.3 Å². The van der Waals surface area contributed by atoms with Crippen LogP contribution in [0, 0.1) is 0 Å². The summed E-state index contributed by atoms with van der Waals surface area (Å²) in [7, 11) is 0. The molecule has 0 aliphatic carbocycles. The Labute approximate surface area is 135 Å². The molecule has 1 aliphatic rings. The van der Waals surface area contributed by atoms with Crippen molar-refractivity contribution in [3.8, 4) is 0 Å². The molecule has 7 nitrogen and oxygen atoms in total. The van der Waals surface area contributed by atoms with Crippen LogP contribution in [-0.2, 0) is 4.79 Å². The minimum Gasteiger partial charge on any atom is -0.338 e. The van der Waals surface area contributed by atoms with Crippen molar-refractivity contribution in [3.63, 3.8) is 0 Å². The fourth-order valence-electron chi connectivity index (χ4n) is 2.95. The summed E-state index contributed by atoms with van der Waals surface area (Å²) in [5, 5.41) is 13.8. The third-order valence-electron chi connectivity index (χ3n) is 4.22. The summed E-state index contributed by atoms with van der Waals surface area (Å²) in [6.07, 6.45) is 3.98. The molecule has 2 N–H and O–H groups in total. The van der Waals surface area contributed by atoms with Crippen molar-refractivity contribution >= 4 is 11.8 Å². The molecule has 3 rings (SSSR count). The van der Waals surface area contributed by atoms with Crippen LogP contribution in [0.2, 0.25) is 0 Å². The number of anilines is 1. The van der Waals surface area contributed by atoms with Gasteiger partial charge in [0.2, 0.25) is 11.8 Å². The number of carbonyl (C=O) groups is 1. The molecule has 1 saturated heterocycles. The molecule has 3 heterocycles. The van der Waals surface area contributed by atoms with Crippen LogP contribution in [0.25, 0.3) is 0 Å². The lowest BCUT2D eigenvalue weighted by atomic mass is 9.95. The van der Waals surface area contributed by atoms with Crippen molar-refractivity contribution in [3.05, 3.63) is 29.7 Å². The van der Waals surface area contributed by atoms with Gasteiger partial charge in [-0.2, -0.15) is 5.10 Å². The highest BCUT2D eigenvalue weighted by molar-refractivity contribution is 5.91. The Kier molecular flexibility index (Phi) is 4.76. The van der Waals surface area contributed by atoms with Crippen LogP contribution >= 0.6 is 0 Å². The summed E-state index contributed by atoms with van der Waals surface area (Å²) in [6.45, 7) is 6.23. The Morgan fingerprint density at radius 3 is 3.13 bits per heavy atom. The van der Waals surface area contributed by atoms with Crippen molar-refractivity contribution in [1.82, 2.24) is 20.3 Å². The van der Waals surface area contributed by atoms with Gasteiger partial charge in [0.25, 0.3) is 0 Å². The molecule has 1 amide bonds. The SMILES string of the molecule is CC(C)c1cc(NC(=O)CN2CCC[C@H](c3ccn[nH]3)C2)on1. The second-order valence-corrected chi connectivity index (χ2v) is 6.41. The van der Waals surface area contributed by atoms with Gasteiger partial charge in [-0.05, 0) is 31.4 Å². The minimum atomic E-state index is -0.0679. The van der Waals surface area contributed by atoms with Gasteiger partial charge in [-0.25, -0.2) is 0 Å². The molecule has 0 unspecified atom stereocenters. The van der Waals surface area contributed by atoms with Crippen LogP contribution in [0.3, 0.4) is 0 Å². The molecule has 2 aromatic rings. The topological polar surface area (TPSA) is 87.0 Å². The lowest BCUT2D eigenvalue weighted by molar-refractivity contribution is -0.117. The lowest BCUT2D eigenvalue weighted by Gasteiger charge is -2.31. The Balaban J connectivity index is 1.52. The van der Waals surface area contributed by atoms with Gasteiger partial charge in [0.1, 0.15) is 0 Å². The number of rotatable bonds is 5. The Morgan fingerprint density at radius 1 is 1.57 bits per heavy atom. The number of piperidine rings is 1. The molecule has 0 radical (unpaired) electrons. The van der Waals surface area contributed by atoms with Crippen LogP contribution in [0.4, 0.5) is 5.88 Å². The van der Waals surface area contributed by atoms with Gasteiger partial charge in [0.15, 0.2) is 0 Å². The predicted molar refractivity (Wildman–Crippen MR) is 86.2 cm³/mol. The van der Waals surface area contributed by atoms with Crippen LogP contribution in [0.1, 0.15) is 49.9 Å². The normalized spacial score (nSPS) is 19.2. The number of aromatic nitrogens is 3. The highest BCUT2D eigenvalue weighted by Gasteiger charge is 2.24. The standard InChI is InChI=1S/C16H23N5O2/c1-11(2)14-8-16(23-20-14)18-15(22)10-21-7-3-4-12(9-21)13-5-6-17-19-13/h5-6,8,11-12H,3-4,7,9-10H2,1-2H3,(H,17,19)(H,18,22)/t12-/m0/s1. The maximum Gasteiger partial charge on any atom is 0.240 e. The molecule has 1 aliphatic heterocycles. The molecule has 23 heavy (non-hydrogen) atoms. The average molecular weight is 317 g/mol. The third kappa shape index (κ3) is 3.98. The Morgan fingerprint density at radius 2 is 2.43 bits per heavy atom. The molecule has 7 heteroatoms. The third-order valence-corrected chi connectivity index (χ3v) is 4.22. The number of H-pyrrole nitrogens is 1. The fourth-order valence-corrected chi connectivity index (χ4v) is 2.95. The summed E-state index contributed by atoms with van der Waals surface area (Å²) in [6, 6.07) is 3.79. The summed E-state index contributed by atoms with van der Waals surface area (Å²) in [5.74, 6) is 1.04.